The fourth-order valence-corrected chi connectivity index (χ4v) is 3.66. The van der Waals surface area contributed by atoms with E-state index >= 15 is 0 Å². The minimum atomic E-state index is -2.68. The third-order valence-electron chi connectivity index (χ3n) is 5.05. The van der Waals surface area contributed by atoms with Gasteiger partial charge in [-0.1, -0.05) is 24.3 Å². The molecule has 0 unspecified atom stereocenters. The highest BCUT2D eigenvalue weighted by atomic mass is 16.7. The van der Waals surface area contributed by atoms with E-state index in [1.165, 1.54) is 48.5 Å². The van der Waals surface area contributed by atoms with Crippen molar-refractivity contribution in [2.75, 3.05) is 11.5 Å². The van der Waals surface area contributed by atoms with Gasteiger partial charge in [0.25, 0.3) is 5.79 Å². The number of ether oxygens (including phenoxy) is 2. The molecule has 0 amide bonds. The van der Waals surface area contributed by atoms with Gasteiger partial charge in [0.15, 0.2) is 0 Å². The van der Waals surface area contributed by atoms with Crippen LogP contribution in [0.1, 0.15) is 25.7 Å². The first-order valence-electron chi connectivity index (χ1n) is 9.84. The van der Waals surface area contributed by atoms with Gasteiger partial charge in [-0.05, 0) is 24.3 Å². The zero-order valence-electron chi connectivity index (χ0n) is 17.8. The molecule has 34 heavy (non-hydrogen) atoms. The lowest BCUT2D eigenvalue weighted by Gasteiger charge is -2.47. The van der Waals surface area contributed by atoms with Gasteiger partial charge in [0, 0.05) is 0 Å². The van der Waals surface area contributed by atoms with Gasteiger partial charge in [-0.25, -0.2) is 0 Å². The molecule has 8 N–H and O–H groups in total. The summed E-state index contributed by atoms with van der Waals surface area (Å²) < 4.78 is 11.8. The molecule has 0 bridgehead atoms. The molecule has 0 saturated heterocycles. The normalized spacial score (nSPS) is 11.4. The Bertz CT molecular complexity index is 997. The monoisotopic (exact) mass is 476 g/mol. The standard InChI is InChI=1S/C22H24N2O10/c23-13-5-1-3-7-15(13)33-22(12-20(31)32,34-16-8-4-2-6-14(16)24)21(9-17(25)26,10-18(27)28)11-19(29)30/h1-8H,9-12,23-24H2,(H,25,26)(H,27,28)(H,29,30)(H,31,32). The average Bonchev–Trinajstić information content (AvgIpc) is 2.69. The minimum absolute atomic E-state index is 0.0169. The fraction of sp³-hybridized carbons (Fsp3) is 0.273. The zero-order chi connectivity index (χ0) is 25.5. The van der Waals surface area contributed by atoms with Crippen LogP contribution in [-0.2, 0) is 19.2 Å². The van der Waals surface area contributed by atoms with E-state index in [0.29, 0.717) is 0 Å². The van der Waals surface area contributed by atoms with E-state index in [4.69, 9.17) is 20.9 Å². The van der Waals surface area contributed by atoms with Crippen molar-refractivity contribution < 1.29 is 49.1 Å². The Morgan fingerprint density at radius 1 is 0.618 bits per heavy atom. The highest BCUT2D eigenvalue weighted by Crippen LogP contribution is 2.49. The van der Waals surface area contributed by atoms with Crippen molar-refractivity contribution in [1.82, 2.24) is 0 Å². The van der Waals surface area contributed by atoms with Gasteiger partial charge in [0.05, 0.1) is 36.1 Å². The predicted octanol–water partition coefficient (Wildman–Crippen LogP) is 1.89. The Morgan fingerprint density at radius 3 is 1.24 bits per heavy atom. The number of para-hydroxylation sites is 4. The molecule has 0 aliphatic rings. The first kappa shape index (κ1) is 25.8. The van der Waals surface area contributed by atoms with E-state index in [1.807, 2.05) is 0 Å². The predicted molar refractivity (Wildman–Crippen MR) is 117 cm³/mol. The summed E-state index contributed by atoms with van der Waals surface area (Å²) >= 11 is 0. The Morgan fingerprint density at radius 2 is 0.941 bits per heavy atom. The number of nitrogens with two attached hydrogens (primary N) is 2. The van der Waals surface area contributed by atoms with Gasteiger partial charge >= 0.3 is 23.9 Å². The topological polar surface area (TPSA) is 220 Å². The summed E-state index contributed by atoms with van der Waals surface area (Å²) in [5.74, 6) is -9.44. The second-order valence-electron chi connectivity index (χ2n) is 7.60. The summed E-state index contributed by atoms with van der Waals surface area (Å²) in [5.41, 5.74) is 9.39. The molecule has 0 heterocycles. The highest BCUT2D eigenvalue weighted by Gasteiger charge is 2.61. The van der Waals surface area contributed by atoms with Crippen molar-refractivity contribution in [3.05, 3.63) is 48.5 Å². The van der Waals surface area contributed by atoms with Crippen molar-refractivity contribution in [2.24, 2.45) is 5.41 Å². The highest BCUT2D eigenvalue weighted by molar-refractivity contribution is 5.77. The number of anilines is 2. The first-order chi connectivity index (χ1) is 15.9. The number of aliphatic carboxylic acids is 4. The van der Waals surface area contributed by atoms with Crippen LogP contribution in [0.4, 0.5) is 11.4 Å². The fourth-order valence-electron chi connectivity index (χ4n) is 3.66. The average molecular weight is 476 g/mol. The van der Waals surface area contributed by atoms with Crippen LogP contribution in [0.25, 0.3) is 0 Å². The Kier molecular flexibility index (Phi) is 7.90. The zero-order valence-corrected chi connectivity index (χ0v) is 17.8. The van der Waals surface area contributed by atoms with Crippen molar-refractivity contribution in [3.8, 4) is 11.5 Å². The molecule has 0 aromatic heterocycles. The van der Waals surface area contributed by atoms with Gasteiger partial charge in [0.1, 0.15) is 17.9 Å². The molecule has 0 saturated carbocycles. The van der Waals surface area contributed by atoms with Crippen LogP contribution in [0.3, 0.4) is 0 Å². The molecule has 0 atom stereocenters. The second-order valence-corrected chi connectivity index (χ2v) is 7.60. The van der Waals surface area contributed by atoms with E-state index in [0.717, 1.165) is 0 Å². The third-order valence-corrected chi connectivity index (χ3v) is 5.05. The van der Waals surface area contributed by atoms with Crippen molar-refractivity contribution in [3.63, 3.8) is 0 Å². The molecule has 2 rings (SSSR count). The Balaban J connectivity index is 2.92. The second kappa shape index (κ2) is 10.4. The molecule has 2 aromatic rings. The molecule has 2 aromatic carbocycles. The molecular formula is C22H24N2O10. The van der Waals surface area contributed by atoms with Crippen LogP contribution in [-0.4, -0.2) is 50.1 Å². The maximum Gasteiger partial charge on any atom is 0.311 e. The number of hydrogen-bond donors (Lipinski definition) is 6. The largest absolute Gasteiger partial charge is 0.481 e. The molecule has 0 fully saturated rings. The van der Waals surface area contributed by atoms with Crippen LogP contribution in [0.15, 0.2) is 48.5 Å². The SMILES string of the molecule is Nc1ccccc1OC(CC(=O)O)(Oc1ccccc1N)C(CC(=O)O)(CC(=O)O)CC(=O)O. The van der Waals surface area contributed by atoms with Crippen molar-refractivity contribution in [1.29, 1.82) is 0 Å². The number of carboxylic acid groups (broad SMARTS) is 4. The lowest BCUT2D eigenvalue weighted by atomic mass is 9.69. The molecule has 0 radical (unpaired) electrons. The number of rotatable bonds is 13. The van der Waals surface area contributed by atoms with E-state index in [1.54, 1.807) is 0 Å². The molecule has 0 aliphatic carbocycles. The summed E-state index contributed by atoms with van der Waals surface area (Å²) in [7, 11) is 0. The number of nitrogen functional groups attached to an aromatic ring is 2. The Labute approximate surface area is 193 Å². The summed E-state index contributed by atoms with van der Waals surface area (Å²) in [4.78, 5) is 47.6. The molecule has 182 valence electrons. The smallest absolute Gasteiger partial charge is 0.311 e. The third kappa shape index (κ3) is 6.06. The van der Waals surface area contributed by atoms with E-state index in [9.17, 15) is 39.6 Å². The number of carbonyl (C=O) groups is 4. The molecule has 12 nitrogen and oxygen atoms in total. The summed E-state index contributed by atoms with van der Waals surface area (Å²) in [6, 6.07) is 11.4. The van der Waals surface area contributed by atoms with Gasteiger partial charge in [-0.2, -0.15) is 0 Å². The van der Waals surface area contributed by atoms with Crippen LogP contribution >= 0.6 is 0 Å². The molecule has 0 spiro atoms. The van der Waals surface area contributed by atoms with E-state index in [2.05, 4.69) is 0 Å². The van der Waals surface area contributed by atoms with Gasteiger partial charge in [-0.3, -0.25) is 19.2 Å². The first-order valence-corrected chi connectivity index (χ1v) is 9.84. The van der Waals surface area contributed by atoms with Crippen LogP contribution in [0.2, 0.25) is 0 Å². The lowest BCUT2D eigenvalue weighted by Crippen LogP contribution is -2.60. The van der Waals surface area contributed by atoms with Crippen LogP contribution in [0, 0.1) is 5.41 Å². The lowest BCUT2D eigenvalue weighted by molar-refractivity contribution is -0.225. The summed E-state index contributed by atoms with van der Waals surface area (Å²) in [5, 5.41) is 38.6. The van der Waals surface area contributed by atoms with Gasteiger partial charge < -0.3 is 41.4 Å². The molecular weight excluding hydrogens is 452 g/mol. The number of hydrogen-bond acceptors (Lipinski definition) is 8. The minimum Gasteiger partial charge on any atom is -0.481 e. The van der Waals surface area contributed by atoms with Crippen molar-refractivity contribution >= 4 is 35.3 Å². The maximum atomic E-state index is 12.0. The quantitative estimate of drug-likeness (QED) is 0.180. The summed E-state index contributed by atoms with van der Waals surface area (Å²) in [6.45, 7) is 0. The van der Waals surface area contributed by atoms with Crippen LogP contribution in [0.5, 0.6) is 11.5 Å². The van der Waals surface area contributed by atoms with E-state index in [-0.39, 0.29) is 22.9 Å². The van der Waals surface area contributed by atoms with Gasteiger partial charge in [-0.15, -0.1) is 0 Å². The summed E-state index contributed by atoms with van der Waals surface area (Å²) in [6.07, 6.45) is -4.53. The van der Waals surface area contributed by atoms with E-state index < -0.39 is 60.8 Å². The van der Waals surface area contributed by atoms with Crippen LogP contribution < -0.4 is 20.9 Å². The number of benzene rings is 2. The van der Waals surface area contributed by atoms with Crippen molar-refractivity contribution in [2.45, 2.75) is 31.5 Å². The number of carboxylic acids is 4. The maximum absolute atomic E-state index is 12.0. The molecule has 0 aliphatic heterocycles. The van der Waals surface area contributed by atoms with Gasteiger partial charge in [0.2, 0.25) is 0 Å². The molecule has 12 heteroatoms. The Hall–Kier alpha value is -4.48.